The predicted octanol–water partition coefficient (Wildman–Crippen LogP) is 1.78. The topological polar surface area (TPSA) is 33.3 Å². The molecule has 0 saturated heterocycles. The molecule has 0 aliphatic carbocycles. The minimum Gasteiger partial charge on any atom is -0.497 e. The molecule has 2 rings (SSSR count). The lowest BCUT2D eigenvalue weighted by atomic mass is 10.1. The van der Waals surface area contributed by atoms with Gasteiger partial charge >= 0.3 is 0 Å². The molecule has 0 amide bonds. The van der Waals surface area contributed by atoms with Gasteiger partial charge in [-0.1, -0.05) is 23.5 Å². The largest absolute Gasteiger partial charge is 0.497 e. The van der Waals surface area contributed by atoms with Gasteiger partial charge in [-0.05, 0) is 17.7 Å². The molecule has 1 N–H and O–H groups in total. The molecule has 0 spiro atoms. The van der Waals surface area contributed by atoms with E-state index in [4.69, 9.17) is 4.74 Å². The van der Waals surface area contributed by atoms with E-state index in [0.29, 0.717) is 6.54 Å². The monoisotopic (exact) mass is 236 g/mol. The summed E-state index contributed by atoms with van der Waals surface area (Å²) in [6, 6.07) is 7.49. The Morgan fingerprint density at radius 3 is 2.69 bits per heavy atom. The second-order valence-electron chi connectivity index (χ2n) is 3.51. The molecule has 0 radical (unpaired) electrons. The summed E-state index contributed by atoms with van der Waals surface area (Å²) in [5.41, 5.74) is 2.88. The van der Waals surface area contributed by atoms with Crippen molar-refractivity contribution in [2.45, 2.75) is 12.6 Å². The highest BCUT2D eigenvalue weighted by molar-refractivity contribution is 7.07. The van der Waals surface area contributed by atoms with Gasteiger partial charge in [-0.15, -0.1) is 0 Å². The van der Waals surface area contributed by atoms with Crippen molar-refractivity contribution < 1.29 is 14.4 Å². The summed E-state index contributed by atoms with van der Waals surface area (Å²) in [7, 11) is 1.63. The average molecular weight is 236 g/mol. The molecular formula is C12H14NO2S+. The number of thiazole rings is 1. The first-order valence-electron chi connectivity index (χ1n) is 5.03. The van der Waals surface area contributed by atoms with Crippen molar-refractivity contribution in [3.05, 3.63) is 46.9 Å². The van der Waals surface area contributed by atoms with E-state index in [2.05, 4.69) is 0 Å². The van der Waals surface area contributed by atoms with Crippen LogP contribution in [0.5, 0.6) is 5.75 Å². The van der Waals surface area contributed by atoms with Gasteiger partial charge in [0.15, 0.2) is 12.7 Å². The van der Waals surface area contributed by atoms with E-state index >= 15 is 0 Å². The molecule has 3 nitrogen and oxygen atoms in total. The fraction of sp³-hybridized carbons (Fsp3) is 0.250. The molecule has 1 aromatic carbocycles. The van der Waals surface area contributed by atoms with E-state index in [1.54, 1.807) is 18.4 Å². The Labute approximate surface area is 98.6 Å². The Hall–Kier alpha value is -1.39. The summed E-state index contributed by atoms with van der Waals surface area (Å²) in [4.78, 5) is 0. The Bertz CT molecular complexity index is 425. The molecule has 1 unspecified atom stereocenters. The number of ether oxygens (including phenoxy) is 1. The fourth-order valence-electron chi connectivity index (χ4n) is 1.50. The van der Waals surface area contributed by atoms with E-state index in [-0.39, 0.29) is 0 Å². The van der Waals surface area contributed by atoms with Gasteiger partial charge in [-0.3, -0.25) is 0 Å². The van der Waals surface area contributed by atoms with Gasteiger partial charge in [0, 0.05) is 0 Å². The standard InChI is InChI=1S/C12H14NO2S/c1-15-11-4-2-10(3-5-11)12(14)8-13-6-7-16-9-13/h2-7,9,12,14H,8H2,1H3/q+1. The molecule has 1 aromatic heterocycles. The van der Waals surface area contributed by atoms with E-state index in [1.807, 2.05) is 45.9 Å². The normalized spacial score (nSPS) is 12.4. The zero-order chi connectivity index (χ0) is 11.4. The molecule has 1 atom stereocenters. The molecule has 84 valence electrons. The molecule has 4 heteroatoms. The lowest BCUT2D eigenvalue weighted by molar-refractivity contribution is -0.700. The van der Waals surface area contributed by atoms with Gasteiger partial charge < -0.3 is 9.84 Å². The number of nitrogens with zero attached hydrogens (tertiary/aromatic N) is 1. The molecule has 1 heterocycles. The van der Waals surface area contributed by atoms with Crippen LogP contribution in [0.4, 0.5) is 0 Å². The first-order chi connectivity index (χ1) is 7.79. The molecular weight excluding hydrogens is 222 g/mol. The SMILES string of the molecule is COc1ccc(C(O)C[n+]2ccsc2)cc1. The summed E-state index contributed by atoms with van der Waals surface area (Å²) in [6.07, 6.45) is 1.47. The van der Waals surface area contributed by atoms with Crippen LogP contribution in [0.2, 0.25) is 0 Å². The summed E-state index contributed by atoms with van der Waals surface area (Å²) in [5, 5.41) is 12.0. The Kier molecular flexibility index (Phi) is 3.54. The molecule has 16 heavy (non-hydrogen) atoms. The Morgan fingerprint density at radius 2 is 2.12 bits per heavy atom. The van der Waals surface area contributed by atoms with Crippen molar-refractivity contribution in [2.75, 3.05) is 7.11 Å². The highest BCUT2D eigenvalue weighted by atomic mass is 32.1. The van der Waals surface area contributed by atoms with Crippen molar-refractivity contribution in [2.24, 2.45) is 0 Å². The Morgan fingerprint density at radius 1 is 1.38 bits per heavy atom. The van der Waals surface area contributed by atoms with Crippen LogP contribution in [-0.4, -0.2) is 12.2 Å². The second-order valence-corrected chi connectivity index (χ2v) is 4.27. The van der Waals surface area contributed by atoms with Gasteiger partial charge in [0.2, 0.25) is 5.51 Å². The molecule has 0 bridgehead atoms. The molecule has 0 saturated carbocycles. The van der Waals surface area contributed by atoms with Crippen LogP contribution >= 0.6 is 11.3 Å². The van der Waals surface area contributed by atoms with Crippen LogP contribution in [0, 0.1) is 0 Å². The smallest absolute Gasteiger partial charge is 0.224 e. The van der Waals surface area contributed by atoms with Gasteiger partial charge in [0.1, 0.15) is 11.9 Å². The van der Waals surface area contributed by atoms with Crippen molar-refractivity contribution in [3.8, 4) is 5.75 Å². The maximum Gasteiger partial charge on any atom is 0.224 e. The van der Waals surface area contributed by atoms with Crippen molar-refractivity contribution in [1.29, 1.82) is 0 Å². The van der Waals surface area contributed by atoms with Gasteiger partial charge in [-0.25, -0.2) is 0 Å². The summed E-state index contributed by atoms with van der Waals surface area (Å²) >= 11 is 1.61. The molecule has 0 aliphatic rings. The molecule has 2 aromatic rings. The minimum absolute atomic E-state index is 0.481. The summed E-state index contributed by atoms with van der Waals surface area (Å²) < 4.78 is 7.04. The lowest BCUT2D eigenvalue weighted by Crippen LogP contribution is -2.33. The van der Waals surface area contributed by atoms with E-state index < -0.39 is 6.10 Å². The number of aliphatic hydroxyl groups is 1. The highest BCUT2D eigenvalue weighted by Crippen LogP contribution is 2.17. The van der Waals surface area contributed by atoms with E-state index in [9.17, 15) is 5.11 Å². The number of aliphatic hydroxyl groups excluding tert-OH is 1. The molecule has 0 aliphatic heterocycles. The first-order valence-corrected chi connectivity index (χ1v) is 5.97. The highest BCUT2D eigenvalue weighted by Gasteiger charge is 2.13. The lowest BCUT2D eigenvalue weighted by Gasteiger charge is -2.07. The van der Waals surface area contributed by atoms with Crippen LogP contribution in [0.25, 0.3) is 0 Å². The third-order valence-corrected chi connectivity index (χ3v) is 3.08. The number of methoxy groups -OCH3 is 1. The van der Waals surface area contributed by atoms with Gasteiger partial charge in [-0.2, -0.15) is 4.57 Å². The maximum absolute atomic E-state index is 10.00. The van der Waals surface area contributed by atoms with E-state index in [0.717, 1.165) is 11.3 Å². The van der Waals surface area contributed by atoms with Crippen molar-refractivity contribution in [3.63, 3.8) is 0 Å². The van der Waals surface area contributed by atoms with Crippen LogP contribution < -0.4 is 9.30 Å². The maximum atomic E-state index is 10.00. The minimum atomic E-state index is -0.481. The van der Waals surface area contributed by atoms with Crippen LogP contribution in [0.1, 0.15) is 11.7 Å². The number of aromatic nitrogens is 1. The van der Waals surface area contributed by atoms with E-state index in [1.165, 1.54) is 0 Å². The quantitative estimate of drug-likeness (QED) is 0.821. The third kappa shape index (κ3) is 2.59. The van der Waals surface area contributed by atoms with Gasteiger partial charge in [0.25, 0.3) is 0 Å². The average Bonchev–Trinajstić information content (AvgIpc) is 2.82. The number of hydrogen-bond acceptors (Lipinski definition) is 3. The molecule has 0 fully saturated rings. The third-order valence-electron chi connectivity index (χ3n) is 2.41. The summed E-state index contributed by atoms with van der Waals surface area (Å²) in [6.45, 7) is 0.579. The van der Waals surface area contributed by atoms with Crippen LogP contribution in [0.15, 0.2) is 41.4 Å². The predicted molar refractivity (Wildman–Crippen MR) is 62.5 cm³/mol. The van der Waals surface area contributed by atoms with Crippen molar-refractivity contribution >= 4 is 11.3 Å². The van der Waals surface area contributed by atoms with Crippen molar-refractivity contribution in [1.82, 2.24) is 0 Å². The number of benzene rings is 1. The Balaban J connectivity index is 2.05. The summed E-state index contributed by atoms with van der Waals surface area (Å²) in [5.74, 6) is 0.805. The zero-order valence-electron chi connectivity index (χ0n) is 9.04. The van der Waals surface area contributed by atoms with Crippen LogP contribution in [-0.2, 0) is 6.54 Å². The zero-order valence-corrected chi connectivity index (χ0v) is 9.85. The number of hydrogen-bond donors (Lipinski definition) is 1. The van der Waals surface area contributed by atoms with Gasteiger partial charge in [0.05, 0.1) is 12.5 Å². The fourth-order valence-corrected chi connectivity index (χ4v) is 2.11. The second kappa shape index (κ2) is 5.09. The van der Waals surface area contributed by atoms with Crippen LogP contribution in [0.3, 0.4) is 0 Å². The number of rotatable bonds is 4. The first kappa shape index (κ1) is 11.1.